The molecule has 0 bridgehead atoms. The fourth-order valence-corrected chi connectivity index (χ4v) is 4.15. The fraction of sp³-hybridized carbons (Fsp3) is 0.296. The Bertz CT molecular complexity index is 1400. The predicted octanol–water partition coefficient (Wildman–Crippen LogP) is 4.12. The number of aryl methyl sites for hydroxylation is 3. The highest BCUT2D eigenvalue weighted by atomic mass is 16.6. The summed E-state index contributed by atoms with van der Waals surface area (Å²) in [6, 6.07) is 14.3. The molecule has 1 fully saturated rings. The van der Waals surface area contributed by atoms with E-state index in [2.05, 4.69) is 15.0 Å². The number of carbonyl (C=O) groups is 2. The zero-order valence-electron chi connectivity index (χ0n) is 20.2. The molecule has 9 nitrogen and oxygen atoms in total. The Morgan fingerprint density at radius 2 is 1.56 bits per heavy atom. The zero-order chi connectivity index (χ0) is 25.2. The number of carbonyl (C=O) groups excluding carboxylic acids is 2. The number of rotatable bonds is 6. The molecule has 1 saturated heterocycles. The third kappa shape index (κ3) is 4.83. The first kappa shape index (κ1) is 23.6. The van der Waals surface area contributed by atoms with E-state index in [0.29, 0.717) is 28.7 Å². The van der Waals surface area contributed by atoms with E-state index in [4.69, 9.17) is 14.2 Å². The first-order chi connectivity index (χ1) is 17.4. The number of fused-ring (bicyclic) bond motifs is 1. The summed E-state index contributed by atoms with van der Waals surface area (Å²) in [7, 11) is 0. The summed E-state index contributed by atoms with van der Waals surface area (Å²) in [4.78, 5) is 38.4. The van der Waals surface area contributed by atoms with Crippen LogP contribution in [-0.2, 0) is 14.2 Å². The number of benzene rings is 2. The van der Waals surface area contributed by atoms with Gasteiger partial charge in [-0.3, -0.25) is 4.57 Å². The number of nitrogens with zero attached hydrogens (tertiary/aromatic N) is 4. The smallest absolute Gasteiger partial charge is 0.338 e. The van der Waals surface area contributed by atoms with Gasteiger partial charge in [0.05, 0.1) is 23.1 Å². The molecule has 0 unspecified atom stereocenters. The summed E-state index contributed by atoms with van der Waals surface area (Å²) in [6.07, 6.45) is 1.63. The van der Waals surface area contributed by atoms with Crippen LogP contribution in [0.4, 0.5) is 0 Å². The number of hydrogen-bond donors (Lipinski definition) is 0. The average Bonchev–Trinajstić information content (AvgIpc) is 3.48. The van der Waals surface area contributed by atoms with Crippen molar-refractivity contribution in [2.45, 2.75) is 45.6 Å². The molecule has 0 radical (unpaired) electrons. The van der Waals surface area contributed by atoms with Crippen LogP contribution >= 0.6 is 0 Å². The highest BCUT2D eigenvalue weighted by Gasteiger charge is 2.40. The van der Waals surface area contributed by atoms with Crippen LogP contribution in [0.3, 0.4) is 0 Å². The predicted molar refractivity (Wildman–Crippen MR) is 130 cm³/mol. The van der Waals surface area contributed by atoms with Gasteiger partial charge in [-0.05, 0) is 45.0 Å². The van der Waals surface area contributed by atoms with Gasteiger partial charge in [-0.15, -0.1) is 0 Å². The van der Waals surface area contributed by atoms with Crippen LogP contribution in [0.5, 0.6) is 0 Å². The normalized spacial score (nSPS) is 19.4. The van der Waals surface area contributed by atoms with Gasteiger partial charge in [0.15, 0.2) is 5.65 Å². The van der Waals surface area contributed by atoms with Gasteiger partial charge in [-0.2, -0.15) is 0 Å². The van der Waals surface area contributed by atoms with Gasteiger partial charge >= 0.3 is 11.9 Å². The van der Waals surface area contributed by atoms with Crippen molar-refractivity contribution in [1.29, 1.82) is 0 Å². The maximum absolute atomic E-state index is 12.9. The van der Waals surface area contributed by atoms with Crippen LogP contribution in [0.25, 0.3) is 11.2 Å². The average molecular weight is 487 g/mol. The van der Waals surface area contributed by atoms with Crippen molar-refractivity contribution in [2.24, 2.45) is 0 Å². The molecular weight excluding hydrogens is 460 g/mol. The maximum Gasteiger partial charge on any atom is 0.338 e. The minimum atomic E-state index is -0.667. The Morgan fingerprint density at radius 1 is 0.917 bits per heavy atom. The molecule has 0 aliphatic carbocycles. The monoisotopic (exact) mass is 486 g/mol. The second kappa shape index (κ2) is 9.87. The van der Waals surface area contributed by atoms with Crippen molar-refractivity contribution >= 4 is 23.1 Å². The Labute approximate surface area is 208 Å². The molecule has 2 aromatic carbocycles. The molecule has 184 valence electrons. The third-order valence-corrected chi connectivity index (χ3v) is 6.24. The van der Waals surface area contributed by atoms with Crippen molar-refractivity contribution in [1.82, 2.24) is 19.5 Å². The highest BCUT2D eigenvalue weighted by Crippen LogP contribution is 2.33. The van der Waals surface area contributed by atoms with Crippen molar-refractivity contribution < 1.29 is 23.8 Å². The van der Waals surface area contributed by atoms with E-state index in [0.717, 1.165) is 16.8 Å². The van der Waals surface area contributed by atoms with E-state index in [1.54, 1.807) is 35.2 Å². The van der Waals surface area contributed by atoms with E-state index < -0.39 is 30.4 Å². The number of imidazole rings is 1. The number of hydrogen-bond acceptors (Lipinski definition) is 8. The fourth-order valence-electron chi connectivity index (χ4n) is 4.15. The quantitative estimate of drug-likeness (QED) is 0.375. The lowest BCUT2D eigenvalue weighted by molar-refractivity contribution is -0.0563. The molecule has 1 aliphatic heterocycles. The summed E-state index contributed by atoms with van der Waals surface area (Å²) in [5.74, 6) is -0.935. The minimum absolute atomic E-state index is 0.0737. The Balaban J connectivity index is 1.36. The molecule has 36 heavy (non-hydrogen) atoms. The van der Waals surface area contributed by atoms with E-state index in [1.807, 2.05) is 45.0 Å². The summed E-state index contributed by atoms with van der Waals surface area (Å²) < 4.78 is 19.4. The van der Waals surface area contributed by atoms with Gasteiger partial charge in [0.2, 0.25) is 0 Å². The number of aromatic nitrogens is 4. The molecule has 3 heterocycles. The number of esters is 2. The lowest BCUT2D eigenvalue weighted by atomic mass is 10.1. The van der Waals surface area contributed by atoms with Crippen LogP contribution in [0.15, 0.2) is 61.2 Å². The molecule has 1 aliphatic rings. The minimum Gasteiger partial charge on any atom is -0.459 e. The Hall–Kier alpha value is -4.11. The molecule has 0 amide bonds. The molecule has 2 aromatic heterocycles. The lowest BCUT2D eigenvalue weighted by Gasteiger charge is -2.19. The van der Waals surface area contributed by atoms with Gasteiger partial charge in [-0.1, -0.05) is 35.4 Å². The topological polar surface area (TPSA) is 105 Å². The SMILES string of the molecule is Cc1ccc(C(=O)OC[C@H]2O[C@@H](n3cnc4c(C)ncnc43)C[C@@H]2OC(=O)c2ccc(C)cc2)cc1. The van der Waals surface area contributed by atoms with E-state index >= 15 is 0 Å². The summed E-state index contributed by atoms with van der Waals surface area (Å²) >= 11 is 0. The van der Waals surface area contributed by atoms with Gasteiger partial charge in [0.25, 0.3) is 0 Å². The van der Waals surface area contributed by atoms with Gasteiger partial charge < -0.3 is 14.2 Å². The van der Waals surface area contributed by atoms with Crippen LogP contribution in [0.2, 0.25) is 0 Å². The van der Waals surface area contributed by atoms with Gasteiger partial charge in [-0.25, -0.2) is 24.5 Å². The molecular formula is C27H26N4O5. The molecule has 4 aromatic rings. The van der Waals surface area contributed by atoms with Crippen molar-refractivity contribution in [3.8, 4) is 0 Å². The van der Waals surface area contributed by atoms with E-state index in [-0.39, 0.29) is 6.61 Å². The van der Waals surface area contributed by atoms with Crippen LogP contribution < -0.4 is 0 Å². The standard InChI is InChI=1S/C27H26N4O5/c1-16-4-8-19(9-5-16)26(32)34-13-22-21(36-27(33)20-10-6-17(2)7-11-20)12-23(35-22)31-15-30-24-18(3)28-14-29-25(24)31/h4-11,14-15,21-23H,12-13H2,1-3H3/t21-,22+,23+/m0/s1. The zero-order valence-corrected chi connectivity index (χ0v) is 20.2. The second-order valence-corrected chi connectivity index (χ2v) is 8.92. The summed E-state index contributed by atoms with van der Waals surface area (Å²) in [5, 5.41) is 0. The van der Waals surface area contributed by atoms with Crippen molar-refractivity contribution in [3.63, 3.8) is 0 Å². The van der Waals surface area contributed by atoms with Crippen molar-refractivity contribution in [3.05, 3.63) is 89.1 Å². The van der Waals surface area contributed by atoms with Crippen LogP contribution in [0, 0.1) is 20.8 Å². The van der Waals surface area contributed by atoms with E-state index in [1.165, 1.54) is 6.33 Å². The van der Waals surface area contributed by atoms with Gasteiger partial charge in [0, 0.05) is 6.42 Å². The summed E-state index contributed by atoms with van der Waals surface area (Å²) in [6.45, 7) is 5.68. The molecule has 0 spiro atoms. The molecule has 3 atom stereocenters. The van der Waals surface area contributed by atoms with E-state index in [9.17, 15) is 9.59 Å². The summed E-state index contributed by atoms with van der Waals surface area (Å²) in [5.41, 5.74) is 5.01. The first-order valence-electron chi connectivity index (χ1n) is 11.7. The largest absolute Gasteiger partial charge is 0.459 e. The maximum atomic E-state index is 12.9. The third-order valence-electron chi connectivity index (χ3n) is 6.24. The van der Waals surface area contributed by atoms with Crippen molar-refractivity contribution in [2.75, 3.05) is 6.61 Å². The van der Waals surface area contributed by atoms with Crippen LogP contribution in [-0.4, -0.2) is 50.3 Å². The van der Waals surface area contributed by atoms with Gasteiger partial charge in [0.1, 0.15) is 36.9 Å². The second-order valence-electron chi connectivity index (χ2n) is 8.92. The molecule has 0 N–H and O–H groups in total. The highest BCUT2D eigenvalue weighted by molar-refractivity contribution is 5.90. The van der Waals surface area contributed by atoms with Crippen LogP contribution in [0.1, 0.15) is 50.2 Å². The number of ether oxygens (including phenoxy) is 3. The lowest BCUT2D eigenvalue weighted by Crippen LogP contribution is -2.32. The molecule has 9 heteroatoms. The molecule has 5 rings (SSSR count). The first-order valence-corrected chi connectivity index (χ1v) is 11.7. The molecule has 0 saturated carbocycles. The Kier molecular flexibility index (Phi) is 6.47. The Morgan fingerprint density at radius 3 is 2.22 bits per heavy atom.